The van der Waals surface area contributed by atoms with E-state index < -0.39 is 5.41 Å². The molecule has 1 unspecified atom stereocenters. The molecule has 2 heterocycles. The van der Waals surface area contributed by atoms with Gasteiger partial charge >= 0.3 is 5.56 Å². The number of rotatable bonds is 11. The minimum Gasteiger partial charge on any atom is -0.486 e. The molecule has 3 aromatic rings. The van der Waals surface area contributed by atoms with Gasteiger partial charge in [-0.05, 0) is 55.9 Å². The Labute approximate surface area is 235 Å². The molecule has 5 rings (SSSR count). The molecule has 1 amide bonds. The van der Waals surface area contributed by atoms with Gasteiger partial charge < -0.3 is 14.5 Å². The summed E-state index contributed by atoms with van der Waals surface area (Å²) in [6.07, 6.45) is 6.17. The van der Waals surface area contributed by atoms with Crippen LogP contribution in [0.2, 0.25) is 5.02 Å². The van der Waals surface area contributed by atoms with Gasteiger partial charge in [0.1, 0.15) is 5.69 Å². The number of ether oxygens (including phenoxy) is 1. The second-order valence-corrected chi connectivity index (χ2v) is 11.9. The lowest BCUT2D eigenvalue weighted by Gasteiger charge is -2.30. The third kappa shape index (κ3) is 5.83. The maximum atomic E-state index is 13.6. The standard InChI is InChI=1S/C31H37ClN4O3/c1-4-31(16-18-35(29(31)38)21-23-9-6-5-7-10-23)15-17-34(3)26-20-33-36(25-12-8-11-24(32)19-25)28(37)27(26)39-22-30(2)13-14-30/h5-12,19-20H,4,13-18,21-22H2,1-3H3. The third-order valence-electron chi connectivity index (χ3n) is 8.47. The molecule has 1 aliphatic heterocycles. The summed E-state index contributed by atoms with van der Waals surface area (Å²) < 4.78 is 7.55. The largest absolute Gasteiger partial charge is 0.486 e. The number of aromatic nitrogens is 2. The molecule has 1 aliphatic carbocycles. The van der Waals surface area contributed by atoms with E-state index in [1.54, 1.807) is 30.5 Å². The van der Waals surface area contributed by atoms with Crippen LogP contribution in [0.5, 0.6) is 5.75 Å². The summed E-state index contributed by atoms with van der Waals surface area (Å²) >= 11 is 6.18. The molecule has 0 bridgehead atoms. The minimum atomic E-state index is -0.408. The number of carbonyl (C=O) groups is 1. The van der Waals surface area contributed by atoms with Crippen LogP contribution in [0.4, 0.5) is 5.69 Å². The maximum Gasteiger partial charge on any atom is 0.316 e. The Kier molecular flexibility index (Phi) is 7.72. The highest BCUT2D eigenvalue weighted by Gasteiger charge is 2.45. The number of likely N-dealkylation sites (tertiary alicyclic amines) is 1. The van der Waals surface area contributed by atoms with Crippen LogP contribution in [0, 0.1) is 10.8 Å². The molecule has 1 atom stereocenters. The first-order valence-electron chi connectivity index (χ1n) is 13.8. The lowest BCUT2D eigenvalue weighted by molar-refractivity contribution is -0.137. The molecule has 1 aromatic heterocycles. The average molecular weight is 549 g/mol. The zero-order valence-electron chi connectivity index (χ0n) is 23.0. The van der Waals surface area contributed by atoms with Gasteiger partial charge in [0.15, 0.2) is 0 Å². The van der Waals surface area contributed by atoms with Crippen molar-refractivity contribution in [3.05, 3.63) is 81.7 Å². The second kappa shape index (κ2) is 11.0. The predicted octanol–water partition coefficient (Wildman–Crippen LogP) is 5.72. The van der Waals surface area contributed by atoms with Crippen LogP contribution in [-0.4, -0.2) is 47.3 Å². The first-order valence-corrected chi connectivity index (χ1v) is 14.2. The normalized spacial score (nSPS) is 19.8. The fraction of sp³-hybridized carbons (Fsp3) is 0.452. The van der Waals surface area contributed by atoms with Crippen LogP contribution in [-0.2, 0) is 11.3 Å². The molecule has 2 fully saturated rings. The van der Waals surface area contributed by atoms with E-state index in [0.29, 0.717) is 42.5 Å². The Morgan fingerprint density at radius 1 is 1.08 bits per heavy atom. The number of hydrogen-bond acceptors (Lipinski definition) is 5. The highest BCUT2D eigenvalue weighted by atomic mass is 35.5. The zero-order valence-corrected chi connectivity index (χ0v) is 23.8. The van der Waals surface area contributed by atoms with Crippen LogP contribution in [0.1, 0.15) is 51.5 Å². The molecular formula is C31H37ClN4O3. The van der Waals surface area contributed by atoms with Crippen LogP contribution in [0.25, 0.3) is 5.69 Å². The van der Waals surface area contributed by atoms with Crippen molar-refractivity contribution in [1.82, 2.24) is 14.7 Å². The highest BCUT2D eigenvalue weighted by molar-refractivity contribution is 6.30. The van der Waals surface area contributed by atoms with Crippen molar-refractivity contribution in [2.24, 2.45) is 10.8 Å². The summed E-state index contributed by atoms with van der Waals surface area (Å²) in [5.74, 6) is 0.504. The summed E-state index contributed by atoms with van der Waals surface area (Å²) in [5.41, 5.74) is 1.75. The van der Waals surface area contributed by atoms with E-state index in [-0.39, 0.29) is 22.6 Å². The summed E-state index contributed by atoms with van der Waals surface area (Å²) in [4.78, 5) is 31.2. The van der Waals surface area contributed by atoms with Crippen LogP contribution < -0.4 is 15.2 Å². The zero-order chi connectivity index (χ0) is 27.6. The molecule has 1 saturated carbocycles. The summed E-state index contributed by atoms with van der Waals surface area (Å²) in [5, 5.41) is 5.00. The molecule has 206 valence electrons. The van der Waals surface area contributed by atoms with E-state index in [9.17, 15) is 9.59 Å². The quantitative estimate of drug-likeness (QED) is 0.306. The van der Waals surface area contributed by atoms with Crippen molar-refractivity contribution in [3.63, 3.8) is 0 Å². The fourth-order valence-electron chi connectivity index (χ4n) is 5.32. The SMILES string of the molecule is CCC1(CCN(C)c2cnn(-c3cccc(Cl)c3)c(=O)c2OCC2(C)CC2)CCN(Cc2ccccc2)C1=O. The van der Waals surface area contributed by atoms with Crippen molar-refractivity contribution in [1.29, 1.82) is 0 Å². The van der Waals surface area contributed by atoms with E-state index in [1.165, 1.54) is 4.68 Å². The molecule has 2 aliphatic rings. The minimum absolute atomic E-state index is 0.108. The van der Waals surface area contributed by atoms with Crippen LogP contribution in [0.15, 0.2) is 65.6 Å². The number of carbonyl (C=O) groups excluding carboxylic acids is 1. The summed E-state index contributed by atoms with van der Waals surface area (Å²) in [6, 6.07) is 17.2. The van der Waals surface area contributed by atoms with E-state index in [4.69, 9.17) is 16.3 Å². The van der Waals surface area contributed by atoms with Gasteiger partial charge in [0.05, 0.1) is 23.9 Å². The van der Waals surface area contributed by atoms with E-state index in [0.717, 1.165) is 37.8 Å². The maximum absolute atomic E-state index is 13.6. The molecular weight excluding hydrogens is 512 g/mol. The topological polar surface area (TPSA) is 67.7 Å². The van der Waals surface area contributed by atoms with Crippen molar-refractivity contribution in [3.8, 4) is 11.4 Å². The van der Waals surface area contributed by atoms with E-state index >= 15 is 0 Å². The molecule has 1 saturated heterocycles. The predicted molar refractivity (Wildman–Crippen MR) is 155 cm³/mol. The van der Waals surface area contributed by atoms with Gasteiger partial charge in [0.25, 0.3) is 0 Å². The Balaban J connectivity index is 1.35. The van der Waals surface area contributed by atoms with Crippen LogP contribution >= 0.6 is 11.6 Å². The number of halogens is 1. The smallest absolute Gasteiger partial charge is 0.316 e. The van der Waals surface area contributed by atoms with Gasteiger partial charge in [-0.2, -0.15) is 9.78 Å². The molecule has 0 radical (unpaired) electrons. The van der Waals surface area contributed by atoms with Crippen molar-refractivity contribution >= 4 is 23.2 Å². The summed E-state index contributed by atoms with van der Waals surface area (Å²) in [6.45, 7) is 6.76. The highest BCUT2D eigenvalue weighted by Crippen LogP contribution is 2.45. The van der Waals surface area contributed by atoms with Crippen molar-refractivity contribution in [2.45, 2.75) is 52.5 Å². The molecule has 8 heteroatoms. The van der Waals surface area contributed by atoms with Gasteiger partial charge in [-0.15, -0.1) is 0 Å². The Morgan fingerprint density at radius 2 is 1.85 bits per heavy atom. The Hall–Kier alpha value is -3.32. The number of amides is 1. The second-order valence-electron chi connectivity index (χ2n) is 11.4. The molecule has 39 heavy (non-hydrogen) atoms. The van der Waals surface area contributed by atoms with Crippen LogP contribution in [0.3, 0.4) is 0 Å². The molecule has 2 aromatic carbocycles. The summed E-state index contributed by atoms with van der Waals surface area (Å²) in [7, 11) is 1.94. The van der Waals surface area contributed by atoms with Gasteiger partial charge in [-0.3, -0.25) is 9.59 Å². The first kappa shape index (κ1) is 27.3. The number of anilines is 1. The van der Waals surface area contributed by atoms with Crippen molar-refractivity contribution < 1.29 is 9.53 Å². The number of nitrogens with zero attached hydrogens (tertiary/aromatic N) is 4. The molecule has 0 N–H and O–H groups in total. The number of hydrogen-bond donors (Lipinski definition) is 0. The molecule has 7 nitrogen and oxygen atoms in total. The van der Waals surface area contributed by atoms with Crippen molar-refractivity contribution in [2.75, 3.05) is 31.6 Å². The fourth-order valence-corrected chi connectivity index (χ4v) is 5.50. The molecule has 0 spiro atoms. The van der Waals surface area contributed by atoms with Gasteiger partial charge in [0.2, 0.25) is 11.7 Å². The first-order chi connectivity index (χ1) is 18.7. The lowest BCUT2D eigenvalue weighted by Crippen LogP contribution is -2.37. The van der Waals surface area contributed by atoms with Gasteiger partial charge in [-0.25, -0.2) is 0 Å². The Morgan fingerprint density at radius 3 is 2.54 bits per heavy atom. The van der Waals surface area contributed by atoms with Gasteiger partial charge in [-0.1, -0.05) is 61.8 Å². The monoisotopic (exact) mass is 548 g/mol. The Bertz CT molecular complexity index is 1390. The number of benzene rings is 2. The van der Waals surface area contributed by atoms with Gasteiger partial charge in [0, 0.05) is 37.1 Å². The van der Waals surface area contributed by atoms with E-state index in [2.05, 4.69) is 31.1 Å². The third-order valence-corrected chi connectivity index (χ3v) is 8.70. The average Bonchev–Trinajstić information content (AvgIpc) is 3.60. The van der Waals surface area contributed by atoms with E-state index in [1.807, 2.05) is 35.0 Å². The lowest BCUT2D eigenvalue weighted by atomic mass is 9.80.